The fraction of sp³-hybridized carbons (Fsp3) is 0.375. The average molecular weight is 473 g/mol. The highest BCUT2D eigenvalue weighted by Gasteiger charge is 2.30. The van der Waals surface area contributed by atoms with Gasteiger partial charge in [0.1, 0.15) is 5.75 Å². The Morgan fingerprint density at radius 2 is 1.94 bits per heavy atom. The van der Waals surface area contributed by atoms with Gasteiger partial charge in [0.15, 0.2) is 11.5 Å². The molecular formula is C24H26Cl2N4O2. The van der Waals surface area contributed by atoms with E-state index in [4.69, 9.17) is 22.9 Å². The Kier molecular flexibility index (Phi) is 7.78. The molecule has 1 heterocycles. The molecule has 3 aromatic rings. The highest BCUT2D eigenvalue weighted by molar-refractivity contribution is 6.32. The van der Waals surface area contributed by atoms with Gasteiger partial charge in [-0.3, -0.25) is 0 Å². The third-order valence-electron chi connectivity index (χ3n) is 6.01. The van der Waals surface area contributed by atoms with Crippen molar-refractivity contribution in [3.8, 4) is 5.75 Å². The number of aromatic nitrogens is 2. The maximum atomic E-state index is 10.7. The molecule has 1 aliphatic carbocycles. The summed E-state index contributed by atoms with van der Waals surface area (Å²) in [6.07, 6.45) is 5.20. The third kappa shape index (κ3) is 5.24. The van der Waals surface area contributed by atoms with Gasteiger partial charge in [0.2, 0.25) is 0 Å². The SMILES string of the molecule is Cl.[C-]#[N+]c1ccc2c(CCC3(O)CCCC3)nnc(NCc3ccc(OC)c(Cl)c3)c2c1. The van der Waals surface area contributed by atoms with Crippen molar-refractivity contribution in [2.45, 2.75) is 50.7 Å². The number of anilines is 1. The van der Waals surface area contributed by atoms with Gasteiger partial charge >= 0.3 is 0 Å². The van der Waals surface area contributed by atoms with E-state index in [1.807, 2.05) is 30.3 Å². The van der Waals surface area contributed by atoms with Crippen LogP contribution in [-0.2, 0) is 13.0 Å². The lowest BCUT2D eigenvalue weighted by Crippen LogP contribution is -2.24. The maximum Gasteiger partial charge on any atom is 0.188 e. The molecular weight excluding hydrogens is 447 g/mol. The van der Waals surface area contributed by atoms with E-state index in [-0.39, 0.29) is 12.4 Å². The van der Waals surface area contributed by atoms with E-state index in [2.05, 4.69) is 20.4 Å². The molecule has 1 aliphatic rings. The number of halogens is 2. The molecule has 0 radical (unpaired) electrons. The lowest BCUT2D eigenvalue weighted by Gasteiger charge is -2.22. The summed E-state index contributed by atoms with van der Waals surface area (Å²) in [5.41, 5.74) is 1.80. The highest BCUT2D eigenvalue weighted by atomic mass is 35.5. The Morgan fingerprint density at radius 1 is 1.16 bits per heavy atom. The van der Waals surface area contributed by atoms with Crippen LogP contribution in [0.1, 0.15) is 43.4 Å². The first kappa shape index (κ1) is 24.1. The summed E-state index contributed by atoms with van der Waals surface area (Å²) in [6.45, 7) is 7.88. The minimum atomic E-state index is -0.588. The Bertz CT molecular complexity index is 1140. The van der Waals surface area contributed by atoms with E-state index >= 15 is 0 Å². The van der Waals surface area contributed by atoms with Crippen LogP contribution in [0.5, 0.6) is 5.75 Å². The minimum Gasteiger partial charge on any atom is -0.495 e. The fourth-order valence-electron chi connectivity index (χ4n) is 4.22. The van der Waals surface area contributed by atoms with Crippen molar-refractivity contribution in [1.82, 2.24) is 10.2 Å². The van der Waals surface area contributed by atoms with Crippen molar-refractivity contribution in [3.63, 3.8) is 0 Å². The van der Waals surface area contributed by atoms with Gasteiger partial charge in [0.25, 0.3) is 0 Å². The summed E-state index contributed by atoms with van der Waals surface area (Å²) in [5.74, 6) is 1.25. The molecule has 6 nitrogen and oxygen atoms in total. The van der Waals surface area contributed by atoms with Crippen LogP contribution in [-0.4, -0.2) is 28.0 Å². The number of rotatable bonds is 7. The van der Waals surface area contributed by atoms with Crippen LogP contribution < -0.4 is 10.1 Å². The number of fused-ring (bicyclic) bond motifs is 1. The highest BCUT2D eigenvalue weighted by Crippen LogP contribution is 2.35. The summed E-state index contributed by atoms with van der Waals surface area (Å²) in [4.78, 5) is 3.56. The van der Waals surface area contributed by atoms with Gasteiger partial charge in [-0.2, -0.15) is 5.10 Å². The Morgan fingerprint density at radius 3 is 2.62 bits per heavy atom. The summed E-state index contributed by atoms with van der Waals surface area (Å²) < 4.78 is 5.21. The number of aryl methyl sites for hydroxylation is 1. The summed E-state index contributed by atoms with van der Waals surface area (Å²) >= 11 is 6.23. The molecule has 168 valence electrons. The molecule has 1 fully saturated rings. The van der Waals surface area contributed by atoms with Gasteiger partial charge < -0.3 is 15.2 Å². The first-order valence-corrected chi connectivity index (χ1v) is 10.8. The molecule has 0 spiro atoms. The lowest BCUT2D eigenvalue weighted by atomic mass is 9.94. The van der Waals surface area contributed by atoms with Gasteiger partial charge in [-0.15, -0.1) is 17.5 Å². The number of nitrogens with zero attached hydrogens (tertiary/aromatic N) is 3. The third-order valence-corrected chi connectivity index (χ3v) is 6.30. The summed E-state index contributed by atoms with van der Waals surface area (Å²) in [6, 6.07) is 11.2. The smallest absolute Gasteiger partial charge is 0.188 e. The molecule has 0 atom stereocenters. The second-order valence-electron chi connectivity index (χ2n) is 8.09. The lowest BCUT2D eigenvalue weighted by molar-refractivity contribution is 0.0389. The van der Waals surface area contributed by atoms with Crippen LogP contribution >= 0.6 is 24.0 Å². The zero-order valence-electron chi connectivity index (χ0n) is 17.9. The van der Waals surface area contributed by atoms with Crippen molar-refractivity contribution < 1.29 is 9.84 Å². The van der Waals surface area contributed by atoms with E-state index in [1.54, 1.807) is 13.2 Å². The largest absolute Gasteiger partial charge is 0.495 e. The Labute approximate surface area is 199 Å². The molecule has 0 saturated heterocycles. The molecule has 0 unspecified atom stereocenters. The van der Waals surface area contributed by atoms with Crippen molar-refractivity contribution >= 4 is 46.3 Å². The topological polar surface area (TPSA) is 71.6 Å². The van der Waals surface area contributed by atoms with E-state index in [9.17, 15) is 5.11 Å². The van der Waals surface area contributed by atoms with E-state index < -0.39 is 5.60 Å². The summed E-state index contributed by atoms with van der Waals surface area (Å²) in [5, 5.41) is 25.3. The second-order valence-corrected chi connectivity index (χ2v) is 8.50. The maximum absolute atomic E-state index is 10.7. The number of aliphatic hydroxyl groups is 1. The molecule has 2 aromatic carbocycles. The molecule has 0 bridgehead atoms. The molecule has 1 saturated carbocycles. The van der Waals surface area contributed by atoms with Crippen molar-refractivity contribution in [2.24, 2.45) is 0 Å². The first-order valence-electron chi connectivity index (χ1n) is 10.5. The number of hydrogen-bond donors (Lipinski definition) is 2. The number of benzene rings is 2. The van der Waals surface area contributed by atoms with Crippen molar-refractivity contribution in [3.05, 3.63) is 64.1 Å². The van der Waals surface area contributed by atoms with Gasteiger partial charge in [0, 0.05) is 17.3 Å². The predicted octanol–water partition coefficient (Wildman–Crippen LogP) is 6.11. The molecule has 32 heavy (non-hydrogen) atoms. The normalized spacial score (nSPS) is 14.6. The second kappa shape index (κ2) is 10.4. The van der Waals surface area contributed by atoms with Crippen molar-refractivity contribution in [2.75, 3.05) is 12.4 Å². The van der Waals surface area contributed by atoms with Crippen molar-refractivity contribution in [1.29, 1.82) is 0 Å². The van der Waals surface area contributed by atoms with Gasteiger partial charge in [-0.05, 0) is 49.4 Å². The van der Waals surface area contributed by atoms with E-state index in [1.165, 1.54) is 0 Å². The minimum absolute atomic E-state index is 0. The predicted molar refractivity (Wildman–Crippen MR) is 130 cm³/mol. The van der Waals surface area contributed by atoms with Crippen LogP contribution in [0.25, 0.3) is 15.6 Å². The zero-order valence-corrected chi connectivity index (χ0v) is 19.5. The van der Waals surface area contributed by atoms with Crippen LogP contribution in [0.3, 0.4) is 0 Å². The molecule has 4 rings (SSSR count). The van der Waals surface area contributed by atoms with Crippen LogP contribution in [0, 0.1) is 6.57 Å². The number of ether oxygens (including phenoxy) is 1. The van der Waals surface area contributed by atoms with Crippen LogP contribution in [0.4, 0.5) is 11.5 Å². The number of methoxy groups -OCH3 is 1. The number of nitrogens with one attached hydrogen (secondary N) is 1. The quantitative estimate of drug-likeness (QED) is 0.405. The fourth-order valence-corrected chi connectivity index (χ4v) is 4.50. The molecule has 1 aromatic heterocycles. The standard InChI is InChI=1S/C24H25ClN4O2.ClH/c1-26-17-6-7-18-19(14-17)23(27-15-16-5-8-22(31-2)20(25)13-16)29-28-21(18)9-12-24(30)10-3-4-11-24;/h5-8,13-14,30H,3-4,9-12,15H2,2H3,(H,27,29);1H. The Hall–Kier alpha value is -2.59. The van der Waals surface area contributed by atoms with Gasteiger partial charge in [-0.1, -0.05) is 42.6 Å². The Balaban J connectivity index is 0.00000289. The van der Waals surface area contributed by atoms with Crippen LogP contribution in [0.15, 0.2) is 36.4 Å². The van der Waals surface area contributed by atoms with E-state index in [0.717, 1.165) is 47.7 Å². The molecule has 8 heteroatoms. The molecule has 2 N–H and O–H groups in total. The molecule has 0 aliphatic heterocycles. The summed E-state index contributed by atoms with van der Waals surface area (Å²) in [7, 11) is 1.59. The zero-order chi connectivity index (χ0) is 21.8. The molecule has 0 amide bonds. The van der Waals surface area contributed by atoms with E-state index in [0.29, 0.717) is 41.7 Å². The van der Waals surface area contributed by atoms with Gasteiger partial charge in [-0.25, -0.2) is 4.85 Å². The monoisotopic (exact) mass is 472 g/mol. The van der Waals surface area contributed by atoms with Gasteiger partial charge in [0.05, 0.1) is 30.0 Å². The van der Waals surface area contributed by atoms with Crippen LogP contribution in [0.2, 0.25) is 5.02 Å². The average Bonchev–Trinajstić information content (AvgIpc) is 3.22. The number of hydrogen-bond acceptors (Lipinski definition) is 5. The first-order chi connectivity index (χ1) is 15.0.